The van der Waals surface area contributed by atoms with E-state index in [0.717, 1.165) is 28.0 Å². The molecule has 0 aliphatic carbocycles. The lowest BCUT2D eigenvalue weighted by Crippen LogP contribution is -2.35. The van der Waals surface area contributed by atoms with Crippen LogP contribution in [0.5, 0.6) is 5.75 Å². The van der Waals surface area contributed by atoms with Crippen LogP contribution in [0.1, 0.15) is 38.7 Å². The predicted molar refractivity (Wildman–Crippen MR) is 139 cm³/mol. The molecule has 0 bridgehead atoms. The van der Waals surface area contributed by atoms with Gasteiger partial charge in [-0.25, -0.2) is 0 Å². The topological polar surface area (TPSA) is 29.5 Å². The molecule has 4 aromatic rings. The number of carbonyl (C=O) groups is 1. The van der Waals surface area contributed by atoms with Crippen LogP contribution >= 0.6 is 0 Å². The van der Waals surface area contributed by atoms with Crippen LogP contribution in [0.3, 0.4) is 0 Å². The third-order valence-electron chi connectivity index (χ3n) is 5.84. The SMILES string of the molecule is COc1ccccc1/C=C\CN(C(=O)c1ccc(C)cc1)C(c1ccccc1)c1ccccc1. The number of carbonyl (C=O) groups excluding carboxylic acids is 1. The fourth-order valence-electron chi connectivity index (χ4n) is 4.09. The van der Waals surface area contributed by atoms with Crippen molar-refractivity contribution >= 4 is 12.0 Å². The van der Waals surface area contributed by atoms with Gasteiger partial charge >= 0.3 is 0 Å². The molecule has 0 heterocycles. The highest BCUT2D eigenvalue weighted by molar-refractivity contribution is 5.95. The lowest BCUT2D eigenvalue weighted by Gasteiger charge is -2.32. The van der Waals surface area contributed by atoms with E-state index in [-0.39, 0.29) is 11.9 Å². The Morgan fingerprint density at radius 1 is 0.794 bits per heavy atom. The Bertz CT molecular complexity index is 1190. The second-order valence-electron chi connectivity index (χ2n) is 8.19. The van der Waals surface area contributed by atoms with Crippen LogP contribution < -0.4 is 4.74 Å². The second kappa shape index (κ2) is 11.2. The minimum Gasteiger partial charge on any atom is -0.496 e. The van der Waals surface area contributed by atoms with Gasteiger partial charge in [0, 0.05) is 17.7 Å². The minimum absolute atomic E-state index is 0.0117. The summed E-state index contributed by atoms with van der Waals surface area (Å²) in [5.74, 6) is 0.792. The first-order valence-corrected chi connectivity index (χ1v) is 11.4. The van der Waals surface area contributed by atoms with Gasteiger partial charge in [-0.05, 0) is 36.2 Å². The number of ether oxygens (including phenoxy) is 1. The maximum atomic E-state index is 13.9. The van der Waals surface area contributed by atoms with Crippen LogP contribution in [0.15, 0.2) is 115 Å². The van der Waals surface area contributed by atoms with E-state index in [0.29, 0.717) is 12.1 Å². The molecule has 0 saturated heterocycles. The molecule has 0 N–H and O–H groups in total. The Hall–Kier alpha value is -4.11. The van der Waals surface area contributed by atoms with E-state index in [2.05, 4.69) is 24.3 Å². The molecule has 0 aliphatic rings. The first-order valence-electron chi connectivity index (χ1n) is 11.4. The third-order valence-corrected chi connectivity index (χ3v) is 5.84. The summed E-state index contributed by atoms with van der Waals surface area (Å²) >= 11 is 0. The highest BCUT2D eigenvalue weighted by Gasteiger charge is 2.26. The zero-order chi connectivity index (χ0) is 23.8. The van der Waals surface area contributed by atoms with E-state index in [1.807, 2.05) is 109 Å². The number of hydrogen-bond acceptors (Lipinski definition) is 2. The summed E-state index contributed by atoms with van der Waals surface area (Å²) in [5.41, 5.74) is 4.92. The Kier molecular flexibility index (Phi) is 7.56. The molecule has 0 unspecified atom stereocenters. The van der Waals surface area contributed by atoms with Crippen molar-refractivity contribution in [3.8, 4) is 5.75 Å². The number of aryl methyl sites for hydroxylation is 1. The molecule has 0 saturated carbocycles. The van der Waals surface area contributed by atoms with Gasteiger partial charge in [0.1, 0.15) is 5.75 Å². The molecular formula is C31H29NO2. The average molecular weight is 448 g/mol. The summed E-state index contributed by atoms with van der Waals surface area (Å²) in [6.07, 6.45) is 4.05. The van der Waals surface area contributed by atoms with Gasteiger partial charge in [0.2, 0.25) is 0 Å². The van der Waals surface area contributed by atoms with Crippen molar-refractivity contribution in [1.29, 1.82) is 0 Å². The van der Waals surface area contributed by atoms with Crippen molar-refractivity contribution in [1.82, 2.24) is 4.90 Å². The molecule has 0 spiro atoms. The number of rotatable bonds is 8. The molecule has 0 aromatic heterocycles. The summed E-state index contributed by atoms with van der Waals surface area (Å²) in [6, 6.07) is 35.8. The fourth-order valence-corrected chi connectivity index (χ4v) is 4.09. The molecule has 4 rings (SSSR count). The van der Waals surface area contributed by atoms with E-state index < -0.39 is 0 Å². The lowest BCUT2D eigenvalue weighted by molar-refractivity contribution is 0.0729. The van der Waals surface area contributed by atoms with E-state index in [4.69, 9.17) is 4.74 Å². The number of benzene rings is 4. The third kappa shape index (κ3) is 5.44. The van der Waals surface area contributed by atoms with Crippen LogP contribution in [-0.4, -0.2) is 24.5 Å². The molecular weight excluding hydrogens is 418 g/mol. The van der Waals surface area contributed by atoms with Gasteiger partial charge in [-0.15, -0.1) is 0 Å². The van der Waals surface area contributed by atoms with Crippen LogP contribution in [-0.2, 0) is 0 Å². The molecule has 3 heteroatoms. The van der Waals surface area contributed by atoms with Gasteiger partial charge < -0.3 is 9.64 Å². The molecule has 4 aromatic carbocycles. The van der Waals surface area contributed by atoms with E-state index >= 15 is 0 Å². The van der Waals surface area contributed by atoms with E-state index in [1.54, 1.807) is 7.11 Å². The van der Waals surface area contributed by atoms with E-state index in [9.17, 15) is 4.79 Å². The van der Waals surface area contributed by atoms with Crippen molar-refractivity contribution in [3.05, 3.63) is 143 Å². The molecule has 3 nitrogen and oxygen atoms in total. The summed E-state index contributed by atoms with van der Waals surface area (Å²) in [4.78, 5) is 15.8. The normalized spacial score (nSPS) is 11.0. The minimum atomic E-state index is -0.224. The molecule has 34 heavy (non-hydrogen) atoms. The van der Waals surface area contributed by atoms with Crippen molar-refractivity contribution in [2.45, 2.75) is 13.0 Å². The van der Waals surface area contributed by atoms with Gasteiger partial charge in [-0.3, -0.25) is 4.79 Å². The average Bonchev–Trinajstić information content (AvgIpc) is 2.89. The van der Waals surface area contributed by atoms with Crippen LogP contribution in [0.4, 0.5) is 0 Å². The van der Waals surface area contributed by atoms with Crippen molar-refractivity contribution < 1.29 is 9.53 Å². The first kappa shape index (κ1) is 23.1. The van der Waals surface area contributed by atoms with Crippen LogP contribution in [0.2, 0.25) is 0 Å². The predicted octanol–water partition coefficient (Wildman–Crippen LogP) is 6.95. The molecule has 1 amide bonds. The van der Waals surface area contributed by atoms with Gasteiger partial charge in [-0.2, -0.15) is 0 Å². The highest BCUT2D eigenvalue weighted by Crippen LogP contribution is 2.30. The Morgan fingerprint density at radius 3 is 1.94 bits per heavy atom. The Labute approximate surface area is 202 Å². The zero-order valence-corrected chi connectivity index (χ0v) is 19.6. The fraction of sp³-hybridized carbons (Fsp3) is 0.129. The zero-order valence-electron chi connectivity index (χ0n) is 19.6. The summed E-state index contributed by atoms with van der Waals surface area (Å²) in [6.45, 7) is 2.47. The van der Waals surface area contributed by atoms with Crippen molar-refractivity contribution in [2.75, 3.05) is 13.7 Å². The first-order chi connectivity index (χ1) is 16.7. The smallest absolute Gasteiger partial charge is 0.254 e. The van der Waals surface area contributed by atoms with Gasteiger partial charge in [0.25, 0.3) is 5.91 Å². The van der Waals surface area contributed by atoms with E-state index in [1.165, 1.54) is 0 Å². The summed E-state index contributed by atoms with van der Waals surface area (Å²) in [7, 11) is 1.67. The number of nitrogens with zero attached hydrogens (tertiary/aromatic N) is 1. The molecule has 0 atom stereocenters. The standard InChI is InChI=1S/C31H29NO2/c1-24-19-21-28(22-20-24)31(33)32(23-11-17-25-12-9-10-18-29(25)34-2)30(26-13-5-3-6-14-26)27-15-7-4-8-16-27/h3-22,30H,23H2,1-2H3/b17-11-. The van der Waals surface area contributed by atoms with Crippen molar-refractivity contribution in [3.63, 3.8) is 0 Å². The Balaban J connectivity index is 1.75. The monoisotopic (exact) mass is 447 g/mol. The molecule has 170 valence electrons. The quantitative estimate of drug-likeness (QED) is 0.292. The lowest BCUT2D eigenvalue weighted by atomic mass is 9.96. The molecule has 0 radical (unpaired) electrons. The van der Waals surface area contributed by atoms with Gasteiger partial charge in [0.05, 0.1) is 13.2 Å². The maximum absolute atomic E-state index is 13.9. The van der Waals surface area contributed by atoms with Crippen molar-refractivity contribution in [2.24, 2.45) is 0 Å². The summed E-state index contributed by atoms with van der Waals surface area (Å²) in [5, 5.41) is 0. The second-order valence-corrected chi connectivity index (χ2v) is 8.19. The number of methoxy groups -OCH3 is 1. The maximum Gasteiger partial charge on any atom is 0.254 e. The summed E-state index contributed by atoms with van der Waals surface area (Å²) < 4.78 is 5.49. The number of hydrogen-bond donors (Lipinski definition) is 0. The Morgan fingerprint density at radius 2 is 1.35 bits per heavy atom. The molecule has 0 fully saturated rings. The highest BCUT2D eigenvalue weighted by atomic mass is 16.5. The van der Waals surface area contributed by atoms with Gasteiger partial charge in [-0.1, -0.05) is 109 Å². The van der Waals surface area contributed by atoms with Crippen LogP contribution in [0, 0.1) is 6.92 Å². The number of para-hydroxylation sites is 1. The largest absolute Gasteiger partial charge is 0.496 e. The van der Waals surface area contributed by atoms with Gasteiger partial charge in [0.15, 0.2) is 0 Å². The number of amides is 1. The van der Waals surface area contributed by atoms with Crippen LogP contribution in [0.25, 0.3) is 6.08 Å². The molecule has 0 aliphatic heterocycles.